The van der Waals surface area contributed by atoms with Crippen LogP contribution in [-0.2, 0) is 17.9 Å². The molecular formula is C22H16FN3O2. The highest BCUT2D eigenvalue weighted by molar-refractivity contribution is 6.14. The Hall–Kier alpha value is -3.85. The average molecular weight is 373 g/mol. The van der Waals surface area contributed by atoms with Crippen LogP contribution in [0.25, 0.3) is 17.0 Å². The van der Waals surface area contributed by atoms with E-state index in [1.165, 1.54) is 6.07 Å². The van der Waals surface area contributed by atoms with E-state index in [0.29, 0.717) is 6.54 Å². The second kappa shape index (κ2) is 7.05. The molecule has 2 aromatic carbocycles. The molecule has 3 amide bonds. The maximum Gasteiger partial charge on any atom is 0.329 e. The molecule has 28 heavy (non-hydrogen) atoms. The minimum Gasteiger partial charge on any atom is -0.335 e. The summed E-state index contributed by atoms with van der Waals surface area (Å²) in [6, 6.07) is 13.1. The number of aromatic nitrogens is 1. The number of para-hydroxylation sites is 1. The maximum atomic E-state index is 13.9. The molecule has 0 spiro atoms. The molecule has 1 aromatic heterocycles. The fraction of sp³-hybridized carbons (Fsp3) is 0.0909. The number of carbonyl (C=O) groups excluding carboxylic acids is 2. The Labute approximate surface area is 161 Å². The molecule has 3 aromatic rings. The summed E-state index contributed by atoms with van der Waals surface area (Å²) < 4.78 is 15.8. The van der Waals surface area contributed by atoms with Crippen molar-refractivity contribution in [3.05, 3.63) is 77.4 Å². The van der Waals surface area contributed by atoms with Crippen molar-refractivity contribution in [2.24, 2.45) is 0 Å². The molecule has 138 valence electrons. The number of benzene rings is 2. The van der Waals surface area contributed by atoms with Crippen LogP contribution < -0.4 is 5.32 Å². The monoisotopic (exact) mass is 373 g/mol. The highest BCUT2D eigenvalue weighted by Crippen LogP contribution is 2.25. The number of carbonyl (C=O) groups is 2. The number of halogens is 1. The van der Waals surface area contributed by atoms with Crippen LogP contribution in [0, 0.1) is 18.2 Å². The van der Waals surface area contributed by atoms with E-state index >= 15 is 0 Å². The summed E-state index contributed by atoms with van der Waals surface area (Å²) in [5, 5.41) is 3.49. The molecule has 5 nitrogen and oxygen atoms in total. The first kappa shape index (κ1) is 17.6. The lowest BCUT2D eigenvalue weighted by atomic mass is 10.1. The minimum atomic E-state index is -0.577. The normalized spacial score (nSPS) is 15.3. The van der Waals surface area contributed by atoms with Gasteiger partial charge in [-0.05, 0) is 18.2 Å². The molecular weight excluding hydrogens is 357 g/mol. The third-order valence-corrected chi connectivity index (χ3v) is 4.63. The molecule has 6 heteroatoms. The first-order valence-corrected chi connectivity index (χ1v) is 8.68. The number of urea groups is 1. The Bertz CT molecular complexity index is 1170. The standard InChI is InChI=1S/C22H16FN3O2/c1-2-11-25-13-16(17-8-4-6-10-20(17)25)12-19-21(27)26(22(28)24-19)14-15-7-3-5-9-18(15)23/h1,3-10,12-13H,11,14H2,(H,24,28)/b19-12+. The average Bonchev–Trinajstić information content (AvgIpc) is 3.16. The van der Waals surface area contributed by atoms with Gasteiger partial charge in [0.1, 0.15) is 11.5 Å². The SMILES string of the molecule is C#CCn1cc(/C=C2/NC(=O)N(Cc3ccccc3F)C2=O)c2ccccc21. The van der Waals surface area contributed by atoms with Crippen molar-refractivity contribution in [1.82, 2.24) is 14.8 Å². The van der Waals surface area contributed by atoms with Crippen molar-refractivity contribution in [2.75, 3.05) is 0 Å². The molecule has 1 fully saturated rings. The van der Waals surface area contributed by atoms with Gasteiger partial charge in [-0.15, -0.1) is 6.42 Å². The molecule has 0 unspecified atom stereocenters. The predicted octanol–water partition coefficient (Wildman–Crippen LogP) is 3.51. The number of amides is 3. The fourth-order valence-corrected chi connectivity index (χ4v) is 3.29. The van der Waals surface area contributed by atoms with Crippen LogP contribution in [0.15, 0.2) is 60.4 Å². The van der Waals surface area contributed by atoms with E-state index in [4.69, 9.17) is 6.42 Å². The van der Waals surface area contributed by atoms with Crippen molar-refractivity contribution < 1.29 is 14.0 Å². The molecule has 0 aliphatic carbocycles. The number of hydrogen-bond donors (Lipinski definition) is 1. The summed E-state index contributed by atoms with van der Waals surface area (Å²) in [5.41, 5.74) is 2.12. The molecule has 4 rings (SSSR count). The fourth-order valence-electron chi connectivity index (χ4n) is 3.29. The number of nitrogens with zero attached hydrogens (tertiary/aromatic N) is 2. The van der Waals surface area contributed by atoms with Crippen molar-refractivity contribution in [2.45, 2.75) is 13.1 Å². The Morgan fingerprint density at radius 2 is 1.86 bits per heavy atom. The van der Waals surface area contributed by atoms with Gasteiger partial charge in [0.15, 0.2) is 0 Å². The van der Waals surface area contributed by atoms with Gasteiger partial charge >= 0.3 is 6.03 Å². The number of fused-ring (bicyclic) bond motifs is 1. The molecule has 1 saturated heterocycles. The zero-order chi connectivity index (χ0) is 19.7. The summed E-state index contributed by atoms with van der Waals surface area (Å²) in [4.78, 5) is 26.0. The Kier molecular flexibility index (Phi) is 4.42. The summed E-state index contributed by atoms with van der Waals surface area (Å²) in [6.45, 7) is 0.261. The highest BCUT2D eigenvalue weighted by Gasteiger charge is 2.34. The first-order valence-electron chi connectivity index (χ1n) is 8.68. The van der Waals surface area contributed by atoms with Gasteiger partial charge in [0.2, 0.25) is 0 Å². The number of hydrogen-bond acceptors (Lipinski definition) is 2. The van der Waals surface area contributed by atoms with Gasteiger partial charge in [-0.1, -0.05) is 42.3 Å². The van der Waals surface area contributed by atoms with Gasteiger partial charge in [-0.3, -0.25) is 9.69 Å². The van der Waals surface area contributed by atoms with Crippen LogP contribution in [0.3, 0.4) is 0 Å². The van der Waals surface area contributed by atoms with Gasteiger partial charge < -0.3 is 9.88 Å². The van der Waals surface area contributed by atoms with E-state index in [2.05, 4.69) is 11.2 Å². The molecule has 0 bridgehead atoms. The van der Waals surface area contributed by atoms with Crippen molar-refractivity contribution >= 4 is 28.9 Å². The zero-order valence-corrected chi connectivity index (χ0v) is 14.9. The van der Waals surface area contributed by atoms with Crippen LogP contribution >= 0.6 is 0 Å². The van der Waals surface area contributed by atoms with Gasteiger partial charge in [0.05, 0.1) is 13.1 Å². The third-order valence-electron chi connectivity index (χ3n) is 4.63. The van der Waals surface area contributed by atoms with Crippen molar-refractivity contribution in [1.29, 1.82) is 0 Å². The Morgan fingerprint density at radius 1 is 1.11 bits per heavy atom. The van der Waals surface area contributed by atoms with E-state index in [1.54, 1.807) is 24.3 Å². The second-order valence-corrected chi connectivity index (χ2v) is 6.40. The molecule has 1 aliphatic heterocycles. The smallest absolute Gasteiger partial charge is 0.329 e. The van der Waals surface area contributed by atoms with Crippen LogP contribution in [0.1, 0.15) is 11.1 Å². The molecule has 0 radical (unpaired) electrons. The lowest BCUT2D eigenvalue weighted by Crippen LogP contribution is -2.30. The molecule has 1 N–H and O–H groups in total. The maximum absolute atomic E-state index is 13.9. The zero-order valence-electron chi connectivity index (χ0n) is 14.9. The van der Waals surface area contributed by atoms with Gasteiger partial charge in [0, 0.05) is 28.2 Å². The van der Waals surface area contributed by atoms with E-state index in [9.17, 15) is 14.0 Å². The number of rotatable bonds is 4. The summed E-state index contributed by atoms with van der Waals surface area (Å²) in [6.07, 6.45) is 8.90. The first-order chi connectivity index (χ1) is 13.6. The Morgan fingerprint density at radius 3 is 2.64 bits per heavy atom. The van der Waals surface area contributed by atoms with Crippen LogP contribution in [0.4, 0.5) is 9.18 Å². The molecule has 2 heterocycles. The van der Waals surface area contributed by atoms with Crippen LogP contribution in [0.2, 0.25) is 0 Å². The highest BCUT2D eigenvalue weighted by atomic mass is 19.1. The lowest BCUT2D eigenvalue weighted by Gasteiger charge is -2.12. The minimum absolute atomic E-state index is 0.131. The molecule has 0 atom stereocenters. The van der Waals surface area contributed by atoms with Gasteiger partial charge in [0.25, 0.3) is 5.91 Å². The molecule has 1 aliphatic rings. The van der Waals surface area contributed by atoms with E-state index in [-0.39, 0.29) is 17.8 Å². The van der Waals surface area contributed by atoms with E-state index in [1.807, 2.05) is 35.0 Å². The largest absolute Gasteiger partial charge is 0.335 e. The van der Waals surface area contributed by atoms with Crippen LogP contribution in [-0.4, -0.2) is 21.4 Å². The summed E-state index contributed by atoms with van der Waals surface area (Å²) in [7, 11) is 0. The molecule has 0 saturated carbocycles. The number of terminal acetylenes is 1. The van der Waals surface area contributed by atoms with Crippen molar-refractivity contribution in [3.8, 4) is 12.3 Å². The van der Waals surface area contributed by atoms with E-state index in [0.717, 1.165) is 21.4 Å². The summed E-state index contributed by atoms with van der Waals surface area (Å²) in [5.74, 6) is 1.64. The second-order valence-electron chi connectivity index (χ2n) is 6.40. The number of imide groups is 1. The van der Waals surface area contributed by atoms with E-state index < -0.39 is 17.8 Å². The Balaban J connectivity index is 1.67. The van der Waals surface area contributed by atoms with Crippen molar-refractivity contribution in [3.63, 3.8) is 0 Å². The number of nitrogens with one attached hydrogen (secondary N) is 1. The summed E-state index contributed by atoms with van der Waals surface area (Å²) >= 11 is 0. The van der Waals surface area contributed by atoms with Crippen LogP contribution in [0.5, 0.6) is 0 Å². The lowest BCUT2D eigenvalue weighted by molar-refractivity contribution is -0.123. The third kappa shape index (κ3) is 3.03. The topological polar surface area (TPSA) is 54.3 Å². The predicted molar refractivity (Wildman–Crippen MR) is 104 cm³/mol. The van der Waals surface area contributed by atoms with Gasteiger partial charge in [-0.25, -0.2) is 9.18 Å². The van der Waals surface area contributed by atoms with Gasteiger partial charge in [-0.2, -0.15) is 0 Å². The quantitative estimate of drug-likeness (QED) is 0.432.